The normalized spacial score (nSPS) is 11.7. The molecule has 2 aromatic carbocycles. The number of carbonyl (C=O) groups is 1. The summed E-state index contributed by atoms with van der Waals surface area (Å²) in [5.74, 6) is 2.28. The van der Waals surface area contributed by atoms with Crippen molar-refractivity contribution >= 4 is 11.6 Å². The zero-order chi connectivity index (χ0) is 18.2. The Morgan fingerprint density at radius 3 is 2.32 bits per heavy atom. The molecule has 0 aliphatic heterocycles. The van der Waals surface area contributed by atoms with Gasteiger partial charge in [0, 0.05) is 11.8 Å². The Kier molecular flexibility index (Phi) is 6.69. The van der Waals surface area contributed by atoms with Crippen LogP contribution in [0.2, 0.25) is 0 Å². The van der Waals surface area contributed by atoms with Crippen LogP contribution in [-0.2, 0) is 4.79 Å². The molecule has 1 atom stereocenters. The number of benzene rings is 2. The van der Waals surface area contributed by atoms with E-state index in [9.17, 15) is 4.79 Å². The number of nitrogens with one attached hydrogen (secondary N) is 1. The minimum atomic E-state index is -0.637. The van der Waals surface area contributed by atoms with Crippen LogP contribution in [0.5, 0.6) is 17.2 Å². The van der Waals surface area contributed by atoms with Crippen LogP contribution in [0.1, 0.15) is 20.8 Å². The molecule has 0 aliphatic rings. The molecule has 134 valence electrons. The maximum absolute atomic E-state index is 12.3. The van der Waals surface area contributed by atoms with Crippen LogP contribution in [-0.4, -0.2) is 25.7 Å². The largest absolute Gasteiger partial charge is 0.497 e. The van der Waals surface area contributed by atoms with Crippen LogP contribution in [0.15, 0.2) is 48.5 Å². The third kappa shape index (κ3) is 6.03. The van der Waals surface area contributed by atoms with Crippen molar-refractivity contribution in [3.8, 4) is 17.2 Å². The van der Waals surface area contributed by atoms with Crippen molar-refractivity contribution in [2.75, 3.05) is 19.0 Å². The van der Waals surface area contributed by atoms with Gasteiger partial charge in [-0.05, 0) is 49.2 Å². The molecule has 0 heterocycles. The zero-order valence-corrected chi connectivity index (χ0v) is 15.1. The summed E-state index contributed by atoms with van der Waals surface area (Å²) in [6.45, 7) is 6.52. The Labute approximate surface area is 148 Å². The van der Waals surface area contributed by atoms with Crippen LogP contribution in [0.3, 0.4) is 0 Å². The van der Waals surface area contributed by atoms with Crippen LogP contribution in [0.25, 0.3) is 0 Å². The molecule has 0 bridgehead atoms. The number of carbonyl (C=O) groups excluding carboxylic acids is 1. The summed E-state index contributed by atoms with van der Waals surface area (Å²) in [7, 11) is 1.60. The quantitative estimate of drug-likeness (QED) is 0.783. The first-order chi connectivity index (χ1) is 12.0. The maximum atomic E-state index is 12.3. The van der Waals surface area contributed by atoms with Gasteiger partial charge in [0.15, 0.2) is 6.10 Å². The number of methoxy groups -OCH3 is 1. The van der Waals surface area contributed by atoms with Gasteiger partial charge in [0.1, 0.15) is 17.2 Å². The molecule has 0 saturated carbocycles. The molecule has 0 aromatic heterocycles. The predicted octanol–water partition coefficient (Wildman–Crippen LogP) is 4.14. The summed E-state index contributed by atoms with van der Waals surface area (Å²) in [4.78, 5) is 12.3. The van der Waals surface area contributed by atoms with Crippen LogP contribution in [0.4, 0.5) is 5.69 Å². The Balaban J connectivity index is 1.92. The number of ether oxygens (including phenoxy) is 3. The highest BCUT2D eigenvalue weighted by atomic mass is 16.5. The van der Waals surface area contributed by atoms with E-state index in [1.165, 1.54) is 0 Å². The summed E-state index contributed by atoms with van der Waals surface area (Å²) in [6, 6.07) is 14.5. The predicted molar refractivity (Wildman–Crippen MR) is 98.5 cm³/mol. The molecule has 0 spiro atoms. The fourth-order valence-corrected chi connectivity index (χ4v) is 2.08. The fourth-order valence-electron chi connectivity index (χ4n) is 2.08. The van der Waals surface area contributed by atoms with Gasteiger partial charge in [-0.1, -0.05) is 19.9 Å². The van der Waals surface area contributed by atoms with Crippen LogP contribution in [0, 0.1) is 5.92 Å². The molecule has 0 fully saturated rings. The standard InChI is InChI=1S/C20H25NO4/c1-14(2)13-24-18-6-5-7-19(12-18)25-15(3)20(22)21-16-8-10-17(23-4)11-9-16/h5-12,14-15H,13H2,1-4H3,(H,21,22). The summed E-state index contributed by atoms with van der Waals surface area (Å²) >= 11 is 0. The van der Waals surface area contributed by atoms with E-state index in [2.05, 4.69) is 19.2 Å². The number of amides is 1. The summed E-state index contributed by atoms with van der Waals surface area (Å²) in [5.41, 5.74) is 0.690. The van der Waals surface area contributed by atoms with Crippen molar-refractivity contribution in [2.45, 2.75) is 26.9 Å². The molecule has 1 unspecified atom stereocenters. The Bertz CT molecular complexity index is 682. The first-order valence-electron chi connectivity index (χ1n) is 8.32. The van der Waals surface area contributed by atoms with Gasteiger partial charge in [0.25, 0.3) is 5.91 Å². The minimum Gasteiger partial charge on any atom is -0.497 e. The maximum Gasteiger partial charge on any atom is 0.265 e. The van der Waals surface area contributed by atoms with E-state index in [-0.39, 0.29) is 5.91 Å². The lowest BCUT2D eigenvalue weighted by atomic mass is 10.2. The van der Waals surface area contributed by atoms with Crippen molar-refractivity contribution in [3.05, 3.63) is 48.5 Å². The van der Waals surface area contributed by atoms with Crippen LogP contribution >= 0.6 is 0 Å². The van der Waals surface area contributed by atoms with Gasteiger partial charge in [-0.15, -0.1) is 0 Å². The second-order valence-corrected chi connectivity index (χ2v) is 6.16. The van der Waals surface area contributed by atoms with E-state index in [0.717, 1.165) is 11.5 Å². The van der Waals surface area contributed by atoms with Gasteiger partial charge in [-0.25, -0.2) is 0 Å². The second-order valence-electron chi connectivity index (χ2n) is 6.16. The Hall–Kier alpha value is -2.69. The summed E-state index contributed by atoms with van der Waals surface area (Å²) < 4.78 is 16.5. The lowest BCUT2D eigenvalue weighted by Gasteiger charge is -2.16. The molecule has 5 heteroatoms. The highest BCUT2D eigenvalue weighted by molar-refractivity contribution is 5.94. The van der Waals surface area contributed by atoms with Gasteiger partial charge in [0.05, 0.1) is 13.7 Å². The van der Waals surface area contributed by atoms with E-state index in [4.69, 9.17) is 14.2 Å². The number of rotatable bonds is 8. The first kappa shape index (κ1) is 18.6. The highest BCUT2D eigenvalue weighted by Gasteiger charge is 2.15. The van der Waals surface area contributed by atoms with Gasteiger partial charge >= 0.3 is 0 Å². The average molecular weight is 343 g/mol. The van der Waals surface area contributed by atoms with Gasteiger partial charge in [-0.2, -0.15) is 0 Å². The minimum absolute atomic E-state index is 0.223. The third-order valence-corrected chi connectivity index (χ3v) is 3.43. The van der Waals surface area contributed by atoms with Crippen molar-refractivity contribution in [1.29, 1.82) is 0 Å². The lowest BCUT2D eigenvalue weighted by molar-refractivity contribution is -0.122. The molecule has 0 aliphatic carbocycles. The van der Waals surface area contributed by atoms with Crippen molar-refractivity contribution in [1.82, 2.24) is 0 Å². The molecule has 0 saturated heterocycles. The molecule has 2 rings (SSSR count). The van der Waals surface area contributed by atoms with Gasteiger partial charge in [-0.3, -0.25) is 4.79 Å². The lowest BCUT2D eigenvalue weighted by Crippen LogP contribution is -2.30. The second kappa shape index (κ2) is 8.97. The topological polar surface area (TPSA) is 56.8 Å². The van der Waals surface area contributed by atoms with Gasteiger partial charge in [0.2, 0.25) is 0 Å². The molecule has 5 nitrogen and oxygen atoms in total. The fraction of sp³-hybridized carbons (Fsp3) is 0.350. The Morgan fingerprint density at radius 1 is 1.00 bits per heavy atom. The molecule has 0 radical (unpaired) electrons. The number of hydrogen-bond acceptors (Lipinski definition) is 4. The third-order valence-electron chi connectivity index (χ3n) is 3.43. The molecule has 2 aromatic rings. The van der Waals surface area contributed by atoms with E-state index in [1.807, 2.05) is 12.1 Å². The first-order valence-corrected chi connectivity index (χ1v) is 8.32. The summed E-state index contributed by atoms with van der Waals surface area (Å²) in [5, 5.41) is 2.82. The monoisotopic (exact) mass is 343 g/mol. The van der Waals surface area contributed by atoms with E-state index in [0.29, 0.717) is 24.0 Å². The van der Waals surface area contributed by atoms with Gasteiger partial charge < -0.3 is 19.5 Å². The zero-order valence-electron chi connectivity index (χ0n) is 15.1. The van der Waals surface area contributed by atoms with E-state index in [1.54, 1.807) is 50.4 Å². The molecular weight excluding hydrogens is 318 g/mol. The molecule has 1 amide bonds. The number of anilines is 1. The average Bonchev–Trinajstić information content (AvgIpc) is 2.61. The van der Waals surface area contributed by atoms with Crippen molar-refractivity contribution in [3.63, 3.8) is 0 Å². The van der Waals surface area contributed by atoms with E-state index >= 15 is 0 Å². The van der Waals surface area contributed by atoms with Crippen molar-refractivity contribution < 1.29 is 19.0 Å². The molecule has 25 heavy (non-hydrogen) atoms. The van der Waals surface area contributed by atoms with Crippen molar-refractivity contribution in [2.24, 2.45) is 5.92 Å². The molecule has 1 N–H and O–H groups in total. The number of hydrogen-bond donors (Lipinski definition) is 1. The van der Waals surface area contributed by atoms with Crippen LogP contribution < -0.4 is 19.5 Å². The summed E-state index contributed by atoms with van der Waals surface area (Å²) in [6.07, 6.45) is -0.637. The SMILES string of the molecule is COc1ccc(NC(=O)C(C)Oc2cccc(OCC(C)C)c2)cc1. The smallest absolute Gasteiger partial charge is 0.265 e. The molecular formula is C20H25NO4. The highest BCUT2D eigenvalue weighted by Crippen LogP contribution is 2.21. The Morgan fingerprint density at radius 2 is 1.68 bits per heavy atom. The van der Waals surface area contributed by atoms with E-state index < -0.39 is 6.10 Å².